The van der Waals surface area contributed by atoms with Crippen LogP contribution >= 0.6 is 12.2 Å². The van der Waals surface area contributed by atoms with Crippen LogP contribution in [0.25, 0.3) is 0 Å². The van der Waals surface area contributed by atoms with Crippen LogP contribution in [-0.2, 0) is 10.0 Å². The van der Waals surface area contributed by atoms with Gasteiger partial charge in [-0.1, -0.05) is 36.5 Å². The van der Waals surface area contributed by atoms with E-state index in [2.05, 4.69) is 4.72 Å². The summed E-state index contributed by atoms with van der Waals surface area (Å²) in [4.78, 5) is -0.258. The van der Waals surface area contributed by atoms with Crippen molar-refractivity contribution in [1.29, 1.82) is 0 Å². The highest BCUT2D eigenvalue weighted by molar-refractivity contribution is 7.92. The molecule has 2 aromatic rings. The Labute approximate surface area is 127 Å². The van der Waals surface area contributed by atoms with Gasteiger partial charge in [0.1, 0.15) is 15.7 Å². The molecule has 0 radical (unpaired) electrons. The number of hydrogen-bond acceptors (Lipinski definition) is 3. The maximum atomic E-state index is 13.6. The first-order valence-corrected chi connectivity index (χ1v) is 7.88. The molecule has 0 heterocycles. The Hall–Kier alpha value is -1.99. The van der Waals surface area contributed by atoms with Gasteiger partial charge in [0.2, 0.25) is 0 Å². The van der Waals surface area contributed by atoms with Crippen LogP contribution in [0.4, 0.5) is 10.1 Å². The summed E-state index contributed by atoms with van der Waals surface area (Å²) in [6.45, 7) is 1.72. The maximum absolute atomic E-state index is 13.6. The van der Waals surface area contributed by atoms with Crippen LogP contribution in [0.15, 0.2) is 47.4 Å². The van der Waals surface area contributed by atoms with Gasteiger partial charge in [-0.25, -0.2) is 12.8 Å². The number of aryl methyl sites for hydroxylation is 1. The van der Waals surface area contributed by atoms with E-state index in [0.717, 1.165) is 6.07 Å². The van der Waals surface area contributed by atoms with Gasteiger partial charge >= 0.3 is 0 Å². The minimum absolute atomic E-state index is 0.154. The molecule has 0 saturated heterocycles. The number of nitrogens with two attached hydrogens (primary N) is 1. The van der Waals surface area contributed by atoms with Crippen molar-refractivity contribution in [3.63, 3.8) is 0 Å². The van der Waals surface area contributed by atoms with Crippen molar-refractivity contribution in [3.8, 4) is 0 Å². The lowest BCUT2D eigenvalue weighted by molar-refractivity contribution is 0.570. The summed E-state index contributed by atoms with van der Waals surface area (Å²) in [7, 11) is -4.02. The smallest absolute Gasteiger partial charge is 0.264 e. The zero-order chi connectivity index (χ0) is 15.6. The summed E-state index contributed by atoms with van der Waals surface area (Å²) in [5, 5.41) is 0. The first-order chi connectivity index (χ1) is 9.81. The normalized spacial score (nSPS) is 11.1. The minimum Gasteiger partial charge on any atom is -0.389 e. The second kappa shape index (κ2) is 5.79. The number of benzene rings is 2. The average molecular weight is 324 g/mol. The molecule has 0 atom stereocenters. The van der Waals surface area contributed by atoms with Gasteiger partial charge in [0, 0.05) is 5.56 Å². The third-order valence-electron chi connectivity index (χ3n) is 2.89. The van der Waals surface area contributed by atoms with Crippen LogP contribution in [0.5, 0.6) is 0 Å². The van der Waals surface area contributed by atoms with Gasteiger partial charge in [-0.3, -0.25) is 4.72 Å². The molecule has 0 unspecified atom stereocenters. The van der Waals surface area contributed by atoms with Crippen molar-refractivity contribution in [2.75, 3.05) is 4.72 Å². The van der Waals surface area contributed by atoms with E-state index in [4.69, 9.17) is 18.0 Å². The fourth-order valence-electron chi connectivity index (χ4n) is 1.75. The van der Waals surface area contributed by atoms with E-state index < -0.39 is 20.7 Å². The lowest BCUT2D eigenvalue weighted by Crippen LogP contribution is -2.16. The van der Waals surface area contributed by atoms with Crippen molar-refractivity contribution in [1.82, 2.24) is 0 Å². The first kappa shape index (κ1) is 15.4. The molecule has 0 aliphatic heterocycles. The Balaban J connectivity index is 2.44. The van der Waals surface area contributed by atoms with E-state index in [1.165, 1.54) is 24.3 Å². The predicted molar refractivity (Wildman–Crippen MR) is 84.3 cm³/mol. The van der Waals surface area contributed by atoms with E-state index in [0.29, 0.717) is 16.8 Å². The van der Waals surface area contributed by atoms with Crippen molar-refractivity contribution in [2.24, 2.45) is 5.73 Å². The highest BCUT2D eigenvalue weighted by Crippen LogP contribution is 2.22. The van der Waals surface area contributed by atoms with Gasteiger partial charge in [0.15, 0.2) is 0 Å². The summed E-state index contributed by atoms with van der Waals surface area (Å²) in [5.41, 5.74) is 7.04. The number of nitrogens with one attached hydrogen (secondary N) is 1. The number of halogens is 1. The summed E-state index contributed by atoms with van der Waals surface area (Å²) in [6, 6.07) is 10.1. The standard InChI is InChI=1S/C14H13FN2O2S2/c1-9-6-7-10(14(16)20)8-12(9)17-21(18,19)13-5-3-2-4-11(13)15/h2-8,17H,1H3,(H2,16,20). The van der Waals surface area contributed by atoms with Gasteiger partial charge in [-0.05, 0) is 30.7 Å². The number of hydrogen-bond donors (Lipinski definition) is 2. The van der Waals surface area contributed by atoms with E-state index in [1.807, 2.05) is 0 Å². The molecule has 0 bridgehead atoms. The first-order valence-electron chi connectivity index (χ1n) is 5.99. The highest BCUT2D eigenvalue weighted by atomic mass is 32.2. The fourth-order valence-corrected chi connectivity index (χ4v) is 3.08. The third kappa shape index (κ3) is 3.37. The molecule has 3 N–H and O–H groups in total. The van der Waals surface area contributed by atoms with E-state index in [9.17, 15) is 12.8 Å². The summed E-state index contributed by atoms with van der Waals surface area (Å²) >= 11 is 4.86. The molecule has 2 aromatic carbocycles. The number of rotatable bonds is 4. The van der Waals surface area contributed by atoms with Crippen LogP contribution in [0, 0.1) is 12.7 Å². The topological polar surface area (TPSA) is 72.2 Å². The molecule has 0 aliphatic carbocycles. The second-order valence-corrected chi connectivity index (χ2v) is 6.52. The SMILES string of the molecule is Cc1ccc(C(N)=S)cc1NS(=O)(=O)c1ccccc1F. The van der Waals surface area contributed by atoms with Gasteiger partial charge in [-0.2, -0.15) is 0 Å². The van der Waals surface area contributed by atoms with Crippen LogP contribution in [0.2, 0.25) is 0 Å². The minimum atomic E-state index is -4.02. The van der Waals surface area contributed by atoms with Gasteiger partial charge in [-0.15, -0.1) is 0 Å². The van der Waals surface area contributed by atoms with Crippen molar-refractivity contribution >= 4 is 32.9 Å². The van der Waals surface area contributed by atoms with E-state index in [-0.39, 0.29) is 4.99 Å². The Morgan fingerprint density at radius 3 is 2.52 bits per heavy atom. The molecule has 110 valence electrons. The Morgan fingerprint density at radius 1 is 1.24 bits per heavy atom. The van der Waals surface area contributed by atoms with E-state index in [1.54, 1.807) is 19.1 Å². The van der Waals surface area contributed by atoms with Crippen molar-refractivity contribution < 1.29 is 12.8 Å². The number of sulfonamides is 1. The predicted octanol–water partition coefficient (Wildman–Crippen LogP) is 2.57. The van der Waals surface area contributed by atoms with Gasteiger partial charge < -0.3 is 5.73 Å². The van der Waals surface area contributed by atoms with Crippen LogP contribution in [0.3, 0.4) is 0 Å². The molecule has 4 nitrogen and oxygen atoms in total. The fraction of sp³-hybridized carbons (Fsp3) is 0.0714. The number of anilines is 1. The molecular weight excluding hydrogens is 311 g/mol. The molecule has 2 rings (SSSR count). The Kier molecular flexibility index (Phi) is 4.24. The average Bonchev–Trinajstić information content (AvgIpc) is 2.41. The van der Waals surface area contributed by atoms with Crippen LogP contribution < -0.4 is 10.5 Å². The molecule has 0 saturated carbocycles. The monoisotopic (exact) mass is 324 g/mol. The lowest BCUT2D eigenvalue weighted by atomic mass is 10.1. The zero-order valence-electron chi connectivity index (χ0n) is 11.1. The summed E-state index contributed by atoms with van der Waals surface area (Å²) in [5.74, 6) is -0.812. The third-order valence-corrected chi connectivity index (χ3v) is 4.53. The molecule has 0 aromatic heterocycles. The molecule has 0 aliphatic rings. The van der Waals surface area contributed by atoms with E-state index >= 15 is 0 Å². The summed E-state index contributed by atoms with van der Waals surface area (Å²) in [6.07, 6.45) is 0. The Bertz CT molecular complexity index is 804. The largest absolute Gasteiger partial charge is 0.389 e. The lowest BCUT2D eigenvalue weighted by Gasteiger charge is -2.12. The van der Waals surface area contributed by atoms with Gasteiger partial charge in [0.25, 0.3) is 10.0 Å². The number of thiocarbonyl (C=S) groups is 1. The van der Waals surface area contributed by atoms with Gasteiger partial charge in [0.05, 0.1) is 5.69 Å². The second-order valence-electron chi connectivity index (χ2n) is 4.43. The summed E-state index contributed by atoms with van der Waals surface area (Å²) < 4.78 is 40.5. The van der Waals surface area contributed by atoms with Crippen LogP contribution in [0.1, 0.15) is 11.1 Å². The van der Waals surface area contributed by atoms with Crippen molar-refractivity contribution in [2.45, 2.75) is 11.8 Å². The zero-order valence-corrected chi connectivity index (χ0v) is 12.8. The molecule has 0 amide bonds. The molecule has 21 heavy (non-hydrogen) atoms. The van der Waals surface area contributed by atoms with Crippen molar-refractivity contribution in [3.05, 3.63) is 59.4 Å². The Morgan fingerprint density at radius 2 is 1.90 bits per heavy atom. The maximum Gasteiger partial charge on any atom is 0.264 e. The molecule has 0 fully saturated rings. The molecule has 7 heteroatoms. The molecule has 0 spiro atoms. The highest BCUT2D eigenvalue weighted by Gasteiger charge is 2.19. The quantitative estimate of drug-likeness (QED) is 0.848. The van der Waals surface area contributed by atoms with Crippen LogP contribution in [-0.4, -0.2) is 13.4 Å². The molecular formula is C14H13FN2O2S2.